The van der Waals surface area contributed by atoms with E-state index in [0.29, 0.717) is 49.0 Å². The number of hydrogen-bond acceptors (Lipinski definition) is 5. The number of non-ortho nitro benzene ring substituents is 1. The van der Waals surface area contributed by atoms with Gasteiger partial charge in [-0.25, -0.2) is 4.98 Å². The van der Waals surface area contributed by atoms with Crippen LogP contribution >= 0.6 is 11.6 Å². The highest BCUT2D eigenvalue weighted by Crippen LogP contribution is 2.23. The second-order valence-corrected chi connectivity index (χ2v) is 7.39. The van der Waals surface area contributed by atoms with Crippen LogP contribution in [0.1, 0.15) is 15.9 Å². The summed E-state index contributed by atoms with van der Waals surface area (Å²) >= 11 is 6.12. The van der Waals surface area contributed by atoms with Crippen LogP contribution in [0.25, 0.3) is 10.9 Å². The lowest BCUT2D eigenvalue weighted by atomic mass is 10.1. The monoisotopic (exact) mass is 410 g/mol. The molecule has 29 heavy (non-hydrogen) atoms. The Balaban J connectivity index is 1.44. The number of fused-ring (bicyclic) bond motifs is 1. The largest absolute Gasteiger partial charge is 0.336 e. The van der Waals surface area contributed by atoms with Crippen LogP contribution in [0.15, 0.2) is 54.6 Å². The number of benzene rings is 2. The molecule has 4 rings (SSSR count). The summed E-state index contributed by atoms with van der Waals surface area (Å²) in [5.41, 5.74) is 2.25. The van der Waals surface area contributed by atoms with Gasteiger partial charge in [0.15, 0.2) is 0 Å². The lowest BCUT2D eigenvalue weighted by Gasteiger charge is -2.35. The highest BCUT2D eigenvalue weighted by atomic mass is 35.5. The average molecular weight is 411 g/mol. The van der Waals surface area contributed by atoms with Crippen LogP contribution in [0.4, 0.5) is 5.69 Å². The van der Waals surface area contributed by atoms with Crippen LogP contribution in [-0.4, -0.2) is 51.8 Å². The van der Waals surface area contributed by atoms with Gasteiger partial charge < -0.3 is 4.90 Å². The zero-order valence-corrected chi connectivity index (χ0v) is 16.4. The van der Waals surface area contributed by atoms with Gasteiger partial charge in [-0.15, -0.1) is 0 Å². The number of para-hydroxylation sites is 1. The molecule has 2 heterocycles. The first-order chi connectivity index (χ1) is 14.0. The second-order valence-electron chi connectivity index (χ2n) is 7.01. The number of piperazine rings is 1. The topological polar surface area (TPSA) is 79.6 Å². The molecule has 0 radical (unpaired) electrons. The summed E-state index contributed by atoms with van der Waals surface area (Å²) in [4.78, 5) is 32.0. The Bertz CT molecular complexity index is 1080. The first-order valence-electron chi connectivity index (χ1n) is 9.31. The third-order valence-corrected chi connectivity index (χ3v) is 5.30. The van der Waals surface area contributed by atoms with E-state index in [4.69, 9.17) is 11.6 Å². The van der Waals surface area contributed by atoms with Gasteiger partial charge in [0.2, 0.25) is 0 Å². The number of carbonyl (C=O) groups is 1. The summed E-state index contributed by atoms with van der Waals surface area (Å²) in [6, 6.07) is 15.8. The molecule has 2 aromatic carbocycles. The van der Waals surface area contributed by atoms with E-state index in [1.807, 2.05) is 35.2 Å². The van der Waals surface area contributed by atoms with Gasteiger partial charge in [0.05, 0.1) is 16.0 Å². The number of pyridine rings is 1. The van der Waals surface area contributed by atoms with E-state index in [0.717, 1.165) is 10.9 Å². The number of nitrogens with zero attached hydrogens (tertiary/aromatic N) is 4. The number of halogens is 1. The van der Waals surface area contributed by atoms with Gasteiger partial charge in [-0.1, -0.05) is 41.9 Å². The number of amides is 1. The minimum Gasteiger partial charge on any atom is -0.336 e. The molecule has 1 aliphatic rings. The number of nitro groups is 1. The van der Waals surface area contributed by atoms with E-state index in [2.05, 4.69) is 9.88 Å². The highest BCUT2D eigenvalue weighted by Gasteiger charge is 2.24. The molecule has 0 N–H and O–H groups in total. The van der Waals surface area contributed by atoms with E-state index in [1.54, 1.807) is 18.2 Å². The maximum Gasteiger partial charge on any atom is 0.269 e. The van der Waals surface area contributed by atoms with Crippen molar-refractivity contribution in [2.75, 3.05) is 26.2 Å². The summed E-state index contributed by atoms with van der Waals surface area (Å²) in [6.07, 6.45) is 0. The third kappa shape index (κ3) is 4.21. The molecule has 0 atom stereocenters. The molecule has 1 aliphatic heterocycles. The van der Waals surface area contributed by atoms with Crippen LogP contribution in [0.5, 0.6) is 0 Å². The molecule has 0 spiro atoms. The highest BCUT2D eigenvalue weighted by molar-refractivity contribution is 6.30. The minimum atomic E-state index is -0.385. The standard InChI is InChI=1S/C21H19ClN4O3/c22-20-13-18(17-6-1-2-7-19(17)23-20)21(27)25-10-8-24(9-11-25)14-15-4-3-5-16(12-15)26(28)29/h1-7,12-13H,8-11,14H2. The SMILES string of the molecule is O=C(c1cc(Cl)nc2ccccc12)N1CCN(Cc2cccc([N+](=O)[O-])c2)CC1. The third-order valence-electron chi connectivity index (χ3n) is 5.10. The zero-order valence-electron chi connectivity index (χ0n) is 15.6. The number of nitro benzene ring substituents is 1. The van der Waals surface area contributed by atoms with Gasteiger partial charge in [0.25, 0.3) is 11.6 Å². The van der Waals surface area contributed by atoms with Gasteiger partial charge in [-0.2, -0.15) is 0 Å². The Morgan fingerprint density at radius 2 is 1.83 bits per heavy atom. The molecule has 0 bridgehead atoms. The molecule has 1 amide bonds. The first kappa shape index (κ1) is 19.3. The van der Waals surface area contributed by atoms with E-state index < -0.39 is 0 Å². The lowest BCUT2D eigenvalue weighted by Crippen LogP contribution is -2.48. The lowest BCUT2D eigenvalue weighted by molar-refractivity contribution is -0.384. The maximum absolute atomic E-state index is 13.1. The Hall–Kier alpha value is -3.03. The Kier molecular flexibility index (Phi) is 5.42. The fourth-order valence-electron chi connectivity index (χ4n) is 3.63. The molecule has 3 aromatic rings. The van der Waals surface area contributed by atoms with Gasteiger partial charge in [0, 0.05) is 50.2 Å². The van der Waals surface area contributed by atoms with Crippen LogP contribution in [0.2, 0.25) is 5.15 Å². The van der Waals surface area contributed by atoms with E-state index in [1.165, 1.54) is 6.07 Å². The Morgan fingerprint density at radius 1 is 1.07 bits per heavy atom. The first-order valence-corrected chi connectivity index (χ1v) is 9.69. The number of aromatic nitrogens is 1. The quantitative estimate of drug-likeness (QED) is 0.371. The molecule has 1 aromatic heterocycles. The minimum absolute atomic E-state index is 0.0551. The predicted octanol–water partition coefficient (Wildman–Crippen LogP) is 3.75. The van der Waals surface area contributed by atoms with Crippen molar-refractivity contribution < 1.29 is 9.72 Å². The fraction of sp³-hybridized carbons (Fsp3) is 0.238. The predicted molar refractivity (Wildman–Crippen MR) is 111 cm³/mol. The van der Waals surface area contributed by atoms with Crippen molar-refractivity contribution in [1.29, 1.82) is 0 Å². The van der Waals surface area contributed by atoms with Crippen molar-refractivity contribution in [2.45, 2.75) is 6.54 Å². The second kappa shape index (κ2) is 8.14. The molecular formula is C21H19ClN4O3. The van der Waals surface area contributed by atoms with Crippen LogP contribution in [0.3, 0.4) is 0 Å². The van der Waals surface area contributed by atoms with Gasteiger partial charge in [-0.3, -0.25) is 19.8 Å². The van der Waals surface area contributed by atoms with Crippen LogP contribution in [0, 0.1) is 10.1 Å². The van der Waals surface area contributed by atoms with E-state index >= 15 is 0 Å². The van der Waals surface area contributed by atoms with E-state index in [-0.39, 0.29) is 16.5 Å². The molecule has 148 valence electrons. The van der Waals surface area contributed by atoms with Crippen molar-refractivity contribution in [3.05, 3.63) is 81.0 Å². The normalized spacial score (nSPS) is 14.9. The maximum atomic E-state index is 13.1. The van der Waals surface area contributed by atoms with Crippen molar-refractivity contribution in [3.63, 3.8) is 0 Å². The van der Waals surface area contributed by atoms with Crippen molar-refractivity contribution >= 4 is 34.1 Å². The molecule has 0 unspecified atom stereocenters. The molecule has 1 saturated heterocycles. The molecule has 0 saturated carbocycles. The number of rotatable bonds is 4. The van der Waals surface area contributed by atoms with Gasteiger partial charge in [0.1, 0.15) is 5.15 Å². The number of carbonyl (C=O) groups excluding carboxylic acids is 1. The number of hydrogen-bond donors (Lipinski definition) is 0. The smallest absolute Gasteiger partial charge is 0.269 e. The summed E-state index contributed by atoms with van der Waals surface area (Å²) in [5.74, 6) is -0.0551. The van der Waals surface area contributed by atoms with Crippen molar-refractivity contribution in [2.24, 2.45) is 0 Å². The van der Waals surface area contributed by atoms with Crippen molar-refractivity contribution in [1.82, 2.24) is 14.8 Å². The Morgan fingerprint density at radius 3 is 2.59 bits per heavy atom. The zero-order chi connectivity index (χ0) is 20.4. The average Bonchev–Trinajstić information content (AvgIpc) is 2.73. The van der Waals surface area contributed by atoms with E-state index in [9.17, 15) is 14.9 Å². The molecular weight excluding hydrogens is 392 g/mol. The summed E-state index contributed by atoms with van der Waals surface area (Å²) < 4.78 is 0. The summed E-state index contributed by atoms with van der Waals surface area (Å²) in [7, 11) is 0. The molecule has 0 aliphatic carbocycles. The molecule has 1 fully saturated rings. The Labute approximate surface area is 172 Å². The van der Waals surface area contributed by atoms with Gasteiger partial charge in [-0.05, 0) is 17.7 Å². The summed E-state index contributed by atoms with van der Waals surface area (Å²) in [6.45, 7) is 3.19. The van der Waals surface area contributed by atoms with Crippen molar-refractivity contribution in [3.8, 4) is 0 Å². The van der Waals surface area contributed by atoms with Crippen LogP contribution < -0.4 is 0 Å². The fourth-order valence-corrected chi connectivity index (χ4v) is 3.83. The van der Waals surface area contributed by atoms with Gasteiger partial charge >= 0.3 is 0 Å². The summed E-state index contributed by atoms with van der Waals surface area (Å²) in [5, 5.41) is 12.0. The molecule has 8 heteroatoms. The van der Waals surface area contributed by atoms with Crippen LogP contribution in [-0.2, 0) is 6.54 Å². The molecule has 7 nitrogen and oxygen atoms in total.